The fourth-order valence-corrected chi connectivity index (χ4v) is 3.35. The number of rotatable bonds is 4. The highest BCUT2D eigenvalue weighted by molar-refractivity contribution is 6.06. The lowest BCUT2D eigenvalue weighted by Gasteiger charge is -2.05. The van der Waals surface area contributed by atoms with Crippen LogP contribution >= 0.6 is 0 Å². The standard InChI is InChI=1S/C15H10O3.C15H12O/c16-13-11-8-4-5-9-12(11)18-15(14(13)17)10-6-2-1-3-7-10;16-15(14-9-5-2-6-10-14)12-11-13-7-3-1-4-8-13/h1-9,17H;1-12H. The number of carbonyl (C=O) groups excluding carboxylic acids is 1. The minimum atomic E-state index is -0.407. The maximum Gasteiger partial charge on any atom is 0.235 e. The van der Waals surface area contributed by atoms with Crippen molar-refractivity contribution < 1.29 is 14.3 Å². The lowest BCUT2D eigenvalue weighted by molar-refractivity contribution is 0.104. The van der Waals surface area contributed by atoms with Crippen molar-refractivity contribution in [3.05, 3.63) is 143 Å². The van der Waals surface area contributed by atoms with Crippen molar-refractivity contribution in [1.82, 2.24) is 0 Å². The van der Waals surface area contributed by atoms with E-state index in [0.29, 0.717) is 16.5 Å². The molecule has 1 aromatic heterocycles. The third kappa shape index (κ3) is 5.37. The van der Waals surface area contributed by atoms with Crippen molar-refractivity contribution in [2.24, 2.45) is 0 Å². The maximum atomic E-state index is 12.0. The summed E-state index contributed by atoms with van der Waals surface area (Å²) in [4.78, 5) is 23.7. The highest BCUT2D eigenvalue weighted by Gasteiger charge is 2.14. The molecule has 0 aliphatic rings. The summed E-state index contributed by atoms with van der Waals surface area (Å²) in [6, 6.07) is 35.0. The van der Waals surface area contributed by atoms with Gasteiger partial charge in [0.05, 0.1) is 5.39 Å². The molecule has 1 heterocycles. The largest absolute Gasteiger partial charge is 0.502 e. The van der Waals surface area contributed by atoms with E-state index >= 15 is 0 Å². The third-order valence-corrected chi connectivity index (χ3v) is 5.09. The first-order chi connectivity index (χ1) is 16.6. The van der Waals surface area contributed by atoms with Gasteiger partial charge in [0.15, 0.2) is 11.5 Å². The quantitative estimate of drug-likeness (QED) is 0.245. The average Bonchev–Trinajstić information content (AvgIpc) is 2.91. The van der Waals surface area contributed by atoms with E-state index < -0.39 is 5.43 Å². The molecule has 0 spiro atoms. The Kier molecular flexibility index (Phi) is 7.11. The third-order valence-electron chi connectivity index (χ3n) is 5.09. The Morgan fingerprint density at radius 3 is 1.94 bits per heavy atom. The Balaban J connectivity index is 0.000000162. The number of hydrogen-bond donors (Lipinski definition) is 1. The molecular formula is C30H22O4. The Morgan fingerprint density at radius 1 is 0.706 bits per heavy atom. The van der Waals surface area contributed by atoms with Crippen LogP contribution in [0.5, 0.6) is 5.75 Å². The average molecular weight is 447 g/mol. The maximum absolute atomic E-state index is 12.0. The van der Waals surface area contributed by atoms with E-state index in [1.165, 1.54) is 0 Å². The van der Waals surface area contributed by atoms with Crippen LogP contribution in [0.3, 0.4) is 0 Å². The number of benzene rings is 4. The van der Waals surface area contributed by atoms with Crippen LogP contribution < -0.4 is 5.43 Å². The fraction of sp³-hybridized carbons (Fsp3) is 0. The molecule has 0 saturated heterocycles. The van der Waals surface area contributed by atoms with Crippen LogP contribution in [0, 0.1) is 0 Å². The van der Waals surface area contributed by atoms with Crippen LogP contribution in [0.25, 0.3) is 28.4 Å². The molecule has 4 nitrogen and oxygen atoms in total. The van der Waals surface area contributed by atoms with E-state index in [-0.39, 0.29) is 17.3 Å². The molecular weight excluding hydrogens is 424 g/mol. The molecule has 34 heavy (non-hydrogen) atoms. The van der Waals surface area contributed by atoms with Crippen LogP contribution in [0.4, 0.5) is 0 Å². The van der Waals surface area contributed by atoms with Crippen LogP contribution in [-0.4, -0.2) is 10.9 Å². The fourth-order valence-electron chi connectivity index (χ4n) is 3.35. The topological polar surface area (TPSA) is 67.5 Å². The van der Waals surface area contributed by atoms with Gasteiger partial charge in [-0.1, -0.05) is 109 Å². The van der Waals surface area contributed by atoms with Crippen molar-refractivity contribution in [2.45, 2.75) is 0 Å². The summed E-state index contributed by atoms with van der Waals surface area (Å²) in [5.74, 6) is -0.108. The number of carbonyl (C=O) groups is 1. The normalized spacial score (nSPS) is 10.6. The summed E-state index contributed by atoms with van der Waals surface area (Å²) in [5, 5.41) is 10.3. The van der Waals surface area contributed by atoms with Crippen LogP contribution in [0.1, 0.15) is 15.9 Å². The van der Waals surface area contributed by atoms with E-state index in [9.17, 15) is 14.7 Å². The summed E-state index contributed by atoms with van der Waals surface area (Å²) in [6.07, 6.45) is 3.43. The number of aromatic hydroxyl groups is 1. The second-order valence-corrected chi connectivity index (χ2v) is 7.45. The van der Waals surface area contributed by atoms with E-state index in [1.807, 2.05) is 84.9 Å². The van der Waals surface area contributed by atoms with Gasteiger partial charge in [-0.15, -0.1) is 0 Å². The predicted octanol–water partition coefficient (Wildman–Crippen LogP) is 6.75. The molecule has 166 valence electrons. The summed E-state index contributed by atoms with van der Waals surface area (Å²) in [7, 11) is 0. The number of allylic oxidation sites excluding steroid dienone is 1. The first-order valence-corrected chi connectivity index (χ1v) is 10.8. The van der Waals surface area contributed by atoms with Crippen LogP contribution in [0.15, 0.2) is 131 Å². The van der Waals surface area contributed by atoms with Gasteiger partial charge in [-0.25, -0.2) is 0 Å². The lowest BCUT2D eigenvalue weighted by atomic mass is 10.1. The number of para-hydroxylation sites is 1. The first-order valence-electron chi connectivity index (χ1n) is 10.8. The summed E-state index contributed by atoms with van der Waals surface area (Å²) in [5.41, 5.74) is 2.49. The number of hydrogen-bond acceptors (Lipinski definition) is 4. The van der Waals surface area contributed by atoms with E-state index in [0.717, 1.165) is 11.1 Å². The zero-order valence-corrected chi connectivity index (χ0v) is 18.3. The molecule has 0 saturated carbocycles. The summed E-state index contributed by atoms with van der Waals surface area (Å²) >= 11 is 0. The van der Waals surface area contributed by atoms with Gasteiger partial charge in [0.25, 0.3) is 0 Å². The molecule has 5 aromatic rings. The molecule has 0 bridgehead atoms. The molecule has 4 aromatic carbocycles. The van der Waals surface area contributed by atoms with Gasteiger partial charge in [-0.2, -0.15) is 0 Å². The van der Waals surface area contributed by atoms with E-state index in [1.54, 1.807) is 42.5 Å². The molecule has 0 fully saturated rings. The highest BCUT2D eigenvalue weighted by atomic mass is 16.4. The SMILES string of the molecule is O=C(C=Cc1ccccc1)c1ccccc1.O=c1c(O)c(-c2ccccc2)oc2ccccc12. The van der Waals surface area contributed by atoms with Crippen molar-refractivity contribution in [2.75, 3.05) is 0 Å². The zero-order chi connectivity index (χ0) is 23.8. The monoisotopic (exact) mass is 446 g/mol. The van der Waals surface area contributed by atoms with Crippen molar-refractivity contribution in [3.63, 3.8) is 0 Å². The zero-order valence-electron chi connectivity index (χ0n) is 18.3. The van der Waals surface area contributed by atoms with E-state index in [2.05, 4.69) is 0 Å². The Bertz CT molecular complexity index is 1470. The second kappa shape index (κ2) is 10.7. The Morgan fingerprint density at radius 2 is 1.26 bits per heavy atom. The molecule has 0 amide bonds. The lowest BCUT2D eigenvalue weighted by Crippen LogP contribution is -2.02. The predicted molar refractivity (Wildman–Crippen MR) is 136 cm³/mol. The first kappa shape index (κ1) is 22.5. The summed E-state index contributed by atoms with van der Waals surface area (Å²) < 4.78 is 5.61. The molecule has 0 atom stereocenters. The van der Waals surface area contributed by atoms with Gasteiger partial charge in [0, 0.05) is 11.1 Å². The molecule has 0 radical (unpaired) electrons. The number of fused-ring (bicyclic) bond motifs is 1. The smallest absolute Gasteiger partial charge is 0.235 e. The van der Waals surface area contributed by atoms with Gasteiger partial charge in [-0.3, -0.25) is 9.59 Å². The van der Waals surface area contributed by atoms with Crippen LogP contribution in [0.2, 0.25) is 0 Å². The van der Waals surface area contributed by atoms with E-state index in [4.69, 9.17) is 4.42 Å². The van der Waals surface area contributed by atoms with Crippen molar-refractivity contribution in [1.29, 1.82) is 0 Å². The molecule has 1 N–H and O–H groups in total. The van der Waals surface area contributed by atoms with Gasteiger partial charge in [0.2, 0.25) is 11.2 Å². The van der Waals surface area contributed by atoms with Gasteiger partial charge in [0.1, 0.15) is 5.58 Å². The molecule has 0 unspecified atom stereocenters. The Labute approximate surface area is 197 Å². The molecule has 0 aliphatic carbocycles. The number of ketones is 1. The minimum Gasteiger partial charge on any atom is -0.502 e. The van der Waals surface area contributed by atoms with Gasteiger partial charge >= 0.3 is 0 Å². The Hall–Kier alpha value is -4.70. The highest BCUT2D eigenvalue weighted by Crippen LogP contribution is 2.29. The van der Waals surface area contributed by atoms with Crippen molar-refractivity contribution >= 4 is 22.8 Å². The van der Waals surface area contributed by atoms with Gasteiger partial charge < -0.3 is 9.52 Å². The van der Waals surface area contributed by atoms with Crippen LogP contribution in [-0.2, 0) is 0 Å². The van der Waals surface area contributed by atoms with Crippen molar-refractivity contribution in [3.8, 4) is 17.1 Å². The minimum absolute atomic E-state index is 0.0319. The van der Waals surface area contributed by atoms with Gasteiger partial charge in [-0.05, 0) is 23.8 Å². The molecule has 5 rings (SSSR count). The molecule has 0 aliphatic heterocycles. The second-order valence-electron chi connectivity index (χ2n) is 7.45. The molecule has 4 heteroatoms. The summed E-state index contributed by atoms with van der Waals surface area (Å²) in [6.45, 7) is 0.